The largest absolute Gasteiger partial charge is 0.557 e. The Balaban J connectivity index is 3.72. The van der Waals surface area contributed by atoms with Crippen LogP contribution in [0.5, 0.6) is 0 Å². The molecule has 0 bridgehead atoms. The smallest absolute Gasteiger partial charge is 0.204 e. The van der Waals surface area contributed by atoms with E-state index >= 15 is 0 Å². The maximum Gasteiger partial charge on any atom is 0.204 e. The molecule has 0 N–H and O–H groups in total. The first-order valence-corrected chi connectivity index (χ1v) is 10.5. The van der Waals surface area contributed by atoms with Crippen LogP contribution in [0.3, 0.4) is 0 Å². The topological polar surface area (TPSA) is 18.5 Å². The highest BCUT2D eigenvalue weighted by molar-refractivity contribution is 6.45. The van der Waals surface area contributed by atoms with Gasteiger partial charge in [0.15, 0.2) is 0 Å². The minimum absolute atomic E-state index is 0.351. The predicted molar refractivity (Wildman–Crippen MR) is 93.5 cm³/mol. The van der Waals surface area contributed by atoms with Crippen LogP contribution in [0.15, 0.2) is 5.38 Å². The third kappa shape index (κ3) is 2.88. The van der Waals surface area contributed by atoms with E-state index in [0.29, 0.717) is 10.5 Å². The van der Waals surface area contributed by atoms with Crippen LogP contribution in [0.2, 0.25) is 6.55 Å². The van der Waals surface area contributed by atoms with Crippen molar-refractivity contribution in [3.8, 4) is 0 Å². The third-order valence-electron chi connectivity index (χ3n) is 4.25. The van der Waals surface area contributed by atoms with Crippen molar-refractivity contribution in [3.63, 3.8) is 0 Å². The van der Waals surface area contributed by atoms with Crippen molar-refractivity contribution in [2.75, 3.05) is 0 Å². The maximum absolute atomic E-state index is 5.84. The van der Waals surface area contributed by atoms with Crippen LogP contribution in [0.4, 0.5) is 0 Å². The molecule has 0 heterocycles. The van der Waals surface area contributed by atoms with Gasteiger partial charge in [0, 0.05) is 5.56 Å². The van der Waals surface area contributed by atoms with Gasteiger partial charge >= 0.3 is 0 Å². The van der Waals surface area contributed by atoms with Gasteiger partial charge in [0.2, 0.25) is 21.0 Å². The molecule has 0 aromatic heterocycles. The van der Waals surface area contributed by atoms with E-state index in [-0.39, 0.29) is 9.52 Å². The van der Waals surface area contributed by atoms with E-state index < -0.39 is 0 Å². The van der Waals surface area contributed by atoms with Crippen LogP contribution < -0.4 is 0 Å². The highest BCUT2D eigenvalue weighted by Gasteiger charge is 2.18. The van der Waals surface area contributed by atoms with E-state index in [1.807, 2.05) is 0 Å². The first-order valence-electron chi connectivity index (χ1n) is 6.79. The van der Waals surface area contributed by atoms with Crippen LogP contribution in [0.1, 0.15) is 33.4 Å². The van der Waals surface area contributed by atoms with Gasteiger partial charge in [-0.25, -0.2) is 0 Å². The molecular formula is C14H26O2Si3. The van der Waals surface area contributed by atoms with Crippen molar-refractivity contribution in [2.24, 2.45) is 0 Å². The highest BCUT2D eigenvalue weighted by atomic mass is 28.2. The summed E-state index contributed by atoms with van der Waals surface area (Å²) in [6.45, 7) is 13.3. The van der Waals surface area contributed by atoms with Gasteiger partial charge in [0.1, 0.15) is 5.76 Å². The van der Waals surface area contributed by atoms with E-state index in [1.165, 1.54) is 33.4 Å². The van der Waals surface area contributed by atoms with Crippen LogP contribution in [0, 0.1) is 34.6 Å². The summed E-state index contributed by atoms with van der Waals surface area (Å²) < 4.78 is 11.5. The van der Waals surface area contributed by atoms with Gasteiger partial charge in [0.05, 0.1) is 14.9 Å². The summed E-state index contributed by atoms with van der Waals surface area (Å²) in [5.41, 5.74) is 8.10. The van der Waals surface area contributed by atoms with Gasteiger partial charge in [-0.1, -0.05) is 6.55 Å². The lowest BCUT2D eigenvalue weighted by molar-refractivity contribution is 0.473. The molecule has 0 aliphatic rings. The molecule has 19 heavy (non-hydrogen) atoms. The molecule has 1 aromatic rings. The fourth-order valence-corrected chi connectivity index (χ4v) is 5.30. The zero-order valence-corrected chi connectivity index (χ0v) is 18.9. The average Bonchev–Trinajstić information content (AvgIpc) is 2.42. The van der Waals surface area contributed by atoms with Gasteiger partial charge in [0.25, 0.3) is 0 Å². The lowest BCUT2D eigenvalue weighted by atomic mass is 9.89. The van der Waals surface area contributed by atoms with E-state index in [0.717, 1.165) is 21.6 Å². The summed E-state index contributed by atoms with van der Waals surface area (Å²) in [7, 11) is 1.09. The molecule has 0 aliphatic carbocycles. The Morgan fingerprint density at radius 1 is 0.789 bits per heavy atom. The normalized spacial score (nSPS) is 13.2. The quantitative estimate of drug-likeness (QED) is 0.601. The molecule has 0 saturated heterocycles. The molecule has 0 radical (unpaired) electrons. The summed E-state index contributed by atoms with van der Waals surface area (Å²) in [5.74, 6) is 1.03. The standard InChI is InChI=1S/C14H26O2Si3/c1-7-8(2)10(4)12(11(5)9(7)3)13(15-17)14(16-18)19-6/h19H2,1-6,17-18H3. The minimum atomic E-state index is -0.351. The van der Waals surface area contributed by atoms with Crippen LogP contribution in [-0.4, -0.2) is 30.5 Å². The second-order valence-corrected chi connectivity index (χ2v) is 7.18. The Hall–Kier alpha value is -0.789. The van der Waals surface area contributed by atoms with Crippen molar-refractivity contribution < 1.29 is 8.85 Å². The molecule has 0 spiro atoms. The van der Waals surface area contributed by atoms with Crippen LogP contribution >= 0.6 is 0 Å². The number of hydrogen-bond donors (Lipinski definition) is 0. The van der Waals surface area contributed by atoms with Crippen molar-refractivity contribution >= 4 is 36.3 Å². The predicted octanol–water partition coefficient (Wildman–Crippen LogP) is 0.666. The zero-order valence-electron chi connectivity index (χ0n) is 13.5. The molecule has 1 rings (SSSR count). The summed E-state index contributed by atoms with van der Waals surface area (Å²) in [6, 6.07) is 0. The molecule has 0 atom stereocenters. The maximum atomic E-state index is 5.84. The Morgan fingerprint density at radius 3 is 1.53 bits per heavy atom. The van der Waals surface area contributed by atoms with Gasteiger partial charge in [-0.3, -0.25) is 0 Å². The molecule has 2 nitrogen and oxygen atoms in total. The lowest BCUT2D eigenvalue weighted by Crippen LogP contribution is -2.09. The van der Waals surface area contributed by atoms with Crippen LogP contribution in [-0.2, 0) is 8.85 Å². The SMILES string of the molecule is C[SiH2]C(O[SiH3])=C(O[SiH3])c1c(C)c(C)c(C)c(C)c1C. The molecule has 0 aliphatic heterocycles. The average molecular weight is 311 g/mol. The second-order valence-electron chi connectivity index (χ2n) is 5.01. The highest BCUT2D eigenvalue weighted by Crippen LogP contribution is 2.32. The van der Waals surface area contributed by atoms with Crippen molar-refractivity contribution in [1.82, 2.24) is 0 Å². The number of benzene rings is 1. The Labute approximate surface area is 125 Å². The van der Waals surface area contributed by atoms with Crippen LogP contribution in [0.25, 0.3) is 5.76 Å². The van der Waals surface area contributed by atoms with Gasteiger partial charge in [-0.15, -0.1) is 0 Å². The van der Waals surface area contributed by atoms with Gasteiger partial charge in [-0.05, 0) is 62.4 Å². The molecule has 5 heteroatoms. The molecule has 1 aromatic carbocycles. The Kier molecular flexibility index (Phi) is 5.64. The Morgan fingerprint density at radius 2 is 1.21 bits per heavy atom. The van der Waals surface area contributed by atoms with E-state index in [1.54, 1.807) is 0 Å². The first kappa shape index (κ1) is 16.3. The molecule has 0 unspecified atom stereocenters. The Bertz CT molecular complexity index is 487. The summed E-state index contributed by atoms with van der Waals surface area (Å²) >= 11 is 0. The van der Waals surface area contributed by atoms with Crippen molar-refractivity contribution in [3.05, 3.63) is 38.8 Å². The first-order chi connectivity index (χ1) is 8.90. The number of rotatable bonds is 4. The summed E-state index contributed by atoms with van der Waals surface area (Å²) in [6.07, 6.45) is 0. The third-order valence-corrected chi connectivity index (χ3v) is 6.98. The van der Waals surface area contributed by atoms with Crippen molar-refractivity contribution in [1.29, 1.82) is 0 Å². The van der Waals surface area contributed by atoms with Gasteiger partial charge in [-0.2, -0.15) is 0 Å². The molecule has 106 valence electrons. The monoisotopic (exact) mass is 310 g/mol. The minimum Gasteiger partial charge on any atom is -0.557 e. The molecule has 0 fully saturated rings. The lowest BCUT2D eigenvalue weighted by Gasteiger charge is -2.22. The fraction of sp³-hybridized carbons (Fsp3) is 0.429. The van der Waals surface area contributed by atoms with E-state index in [2.05, 4.69) is 41.2 Å². The summed E-state index contributed by atoms with van der Waals surface area (Å²) in [5, 5.41) is 1.13. The second kappa shape index (κ2) is 6.58. The number of hydrogen-bond acceptors (Lipinski definition) is 2. The fourth-order valence-electron chi connectivity index (χ4n) is 2.59. The summed E-state index contributed by atoms with van der Waals surface area (Å²) in [4.78, 5) is 0. The van der Waals surface area contributed by atoms with E-state index in [9.17, 15) is 0 Å². The zero-order chi connectivity index (χ0) is 14.7. The van der Waals surface area contributed by atoms with Gasteiger partial charge < -0.3 is 8.85 Å². The molecule has 0 saturated carbocycles. The molecule has 0 amide bonds. The molecular weight excluding hydrogens is 284 g/mol. The van der Waals surface area contributed by atoms with Crippen molar-refractivity contribution in [2.45, 2.75) is 41.2 Å². The van der Waals surface area contributed by atoms with E-state index in [4.69, 9.17) is 8.85 Å².